The molecule has 0 saturated heterocycles. The molecule has 0 aliphatic heterocycles. The molecule has 2 rings (SSSR count). The number of carbonyl (C=O) groups excluding carboxylic acids is 1. The highest BCUT2D eigenvalue weighted by molar-refractivity contribution is 6.00. The van der Waals surface area contributed by atoms with E-state index in [1.807, 2.05) is 6.07 Å². The number of aromatic nitrogens is 2. The molecule has 1 amide bonds. The second-order valence-electron chi connectivity index (χ2n) is 6.98. The summed E-state index contributed by atoms with van der Waals surface area (Å²) in [5.74, 6) is -1.23. The van der Waals surface area contributed by atoms with Crippen molar-refractivity contribution in [3.63, 3.8) is 0 Å². The number of anilines is 1. The highest BCUT2D eigenvalue weighted by atomic mass is 16.7. The average Bonchev–Trinajstić information content (AvgIpc) is 2.70. The number of nitrogens with zero attached hydrogens (tertiary/aromatic N) is 3. The second-order valence-corrected chi connectivity index (χ2v) is 6.98. The minimum absolute atomic E-state index is 0.0899. The molecule has 0 radical (unpaired) electrons. The van der Waals surface area contributed by atoms with E-state index in [0.29, 0.717) is 11.1 Å². The molecule has 2 aromatic rings. The third-order valence-corrected chi connectivity index (χ3v) is 3.59. The lowest BCUT2D eigenvalue weighted by Gasteiger charge is -2.18. The van der Waals surface area contributed by atoms with E-state index in [1.54, 1.807) is 18.2 Å². The van der Waals surface area contributed by atoms with Crippen molar-refractivity contribution in [1.82, 2.24) is 15.4 Å². The van der Waals surface area contributed by atoms with Gasteiger partial charge in [-0.3, -0.25) is 9.63 Å². The van der Waals surface area contributed by atoms with Gasteiger partial charge < -0.3 is 25.8 Å². The number of benzene rings is 1. The number of hydroxylamine groups is 1. The van der Waals surface area contributed by atoms with Crippen molar-refractivity contribution in [2.45, 2.75) is 25.6 Å². The van der Waals surface area contributed by atoms with Crippen molar-refractivity contribution in [2.24, 2.45) is 0 Å². The monoisotopic (exact) mass is 417 g/mol. The maximum atomic E-state index is 12.5. The first-order valence-electron chi connectivity index (χ1n) is 8.89. The number of ether oxygens (including phenoxy) is 1. The first-order valence-corrected chi connectivity index (χ1v) is 8.89. The fraction of sp³-hybridized carbons (Fsp3) is 0.368. The number of hydrogen-bond donors (Lipinski definition) is 5. The summed E-state index contributed by atoms with van der Waals surface area (Å²) in [7, 11) is 0. The van der Waals surface area contributed by atoms with Gasteiger partial charge in [-0.1, -0.05) is 12.1 Å². The van der Waals surface area contributed by atoms with Crippen molar-refractivity contribution in [3.05, 3.63) is 35.4 Å². The number of hydrogen-bond acceptors (Lipinski definition) is 10. The number of nitrogen functional groups attached to an aromatic ring is 1. The van der Waals surface area contributed by atoms with Crippen LogP contribution in [-0.4, -0.2) is 62.7 Å². The Bertz CT molecular complexity index is 938. The van der Waals surface area contributed by atoms with E-state index in [1.165, 1.54) is 19.9 Å². The molecule has 0 spiro atoms. The Labute approximate surface area is 172 Å². The van der Waals surface area contributed by atoms with Crippen LogP contribution in [-0.2, 0) is 4.84 Å². The Hall–Kier alpha value is -3.30. The van der Waals surface area contributed by atoms with Crippen molar-refractivity contribution < 1.29 is 29.7 Å². The topological polar surface area (TPSA) is 184 Å². The Morgan fingerprint density at radius 3 is 2.77 bits per heavy atom. The Balaban J connectivity index is 2.39. The molecule has 0 fully saturated rings. The van der Waals surface area contributed by atoms with Crippen LogP contribution in [0.5, 0.6) is 5.88 Å². The van der Waals surface area contributed by atoms with Crippen molar-refractivity contribution in [1.29, 1.82) is 5.26 Å². The van der Waals surface area contributed by atoms with Crippen LogP contribution >= 0.6 is 0 Å². The summed E-state index contributed by atoms with van der Waals surface area (Å²) < 4.78 is 5.39. The maximum absolute atomic E-state index is 12.5. The van der Waals surface area contributed by atoms with Crippen LogP contribution in [0.25, 0.3) is 11.4 Å². The molecule has 11 heteroatoms. The number of nitriles is 1. The van der Waals surface area contributed by atoms with E-state index in [4.69, 9.17) is 25.7 Å². The molecule has 0 bridgehead atoms. The average molecular weight is 417 g/mol. The van der Waals surface area contributed by atoms with Gasteiger partial charge in [-0.15, -0.1) is 0 Å². The van der Waals surface area contributed by atoms with Crippen LogP contribution in [0.3, 0.4) is 0 Å². The van der Waals surface area contributed by atoms with E-state index < -0.39 is 24.2 Å². The number of carbonyl (C=O) groups is 1. The van der Waals surface area contributed by atoms with Crippen molar-refractivity contribution in [3.8, 4) is 23.3 Å². The van der Waals surface area contributed by atoms with Gasteiger partial charge in [-0.2, -0.15) is 10.2 Å². The molecular formula is C19H23N5O6. The predicted molar refractivity (Wildman–Crippen MR) is 105 cm³/mol. The molecule has 30 heavy (non-hydrogen) atoms. The minimum atomic E-state index is -1.21. The maximum Gasteiger partial charge on any atom is 0.284 e. The van der Waals surface area contributed by atoms with E-state index in [0.717, 1.165) is 0 Å². The molecule has 1 heterocycles. The van der Waals surface area contributed by atoms with Gasteiger partial charge in [0.25, 0.3) is 5.91 Å². The number of amides is 1. The fourth-order valence-corrected chi connectivity index (χ4v) is 2.19. The first-order chi connectivity index (χ1) is 14.1. The number of nitrogens with two attached hydrogens (primary N) is 1. The van der Waals surface area contributed by atoms with Crippen LogP contribution in [0.1, 0.15) is 29.8 Å². The molecule has 0 aliphatic carbocycles. The molecule has 11 nitrogen and oxygen atoms in total. The van der Waals surface area contributed by atoms with Gasteiger partial charge in [0.2, 0.25) is 5.88 Å². The van der Waals surface area contributed by atoms with Crippen LogP contribution in [0.15, 0.2) is 24.3 Å². The highest BCUT2D eigenvalue weighted by Crippen LogP contribution is 2.26. The lowest BCUT2D eigenvalue weighted by atomic mass is 10.1. The van der Waals surface area contributed by atoms with E-state index >= 15 is 0 Å². The predicted octanol–water partition coefficient (Wildman–Crippen LogP) is -0.238. The molecule has 0 saturated carbocycles. The molecule has 0 aliphatic rings. The molecule has 1 aromatic carbocycles. The van der Waals surface area contributed by atoms with Gasteiger partial charge in [-0.05, 0) is 26.0 Å². The lowest BCUT2D eigenvalue weighted by Crippen LogP contribution is -2.34. The van der Waals surface area contributed by atoms with Crippen LogP contribution in [0, 0.1) is 11.3 Å². The zero-order valence-corrected chi connectivity index (χ0v) is 16.5. The van der Waals surface area contributed by atoms with E-state index in [2.05, 4.69) is 15.4 Å². The Morgan fingerprint density at radius 2 is 2.13 bits per heavy atom. The van der Waals surface area contributed by atoms with E-state index in [9.17, 15) is 15.0 Å². The summed E-state index contributed by atoms with van der Waals surface area (Å²) in [5.41, 5.74) is 7.46. The summed E-state index contributed by atoms with van der Waals surface area (Å²) in [4.78, 5) is 25.8. The van der Waals surface area contributed by atoms with Gasteiger partial charge >= 0.3 is 0 Å². The number of aliphatic hydroxyl groups excluding tert-OH is 2. The van der Waals surface area contributed by atoms with Crippen LogP contribution in [0.2, 0.25) is 0 Å². The molecule has 1 aromatic heterocycles. The normalized spacial score (nSPS) is 12.1. The Kier molecular flexibility index (Phi) is 7.62. The highest BCUT2D eigenvalue weighted by Gasteiger charge is 2.23. The van der Waals surface area contributed by atoms with Crippen LogP contribution in [0.4, 0.5) is 5.82 Å². The number of aliphatic hydroxyl groups is 3. The number of nitrogens with one attached hydrogen (secondary N) is 1. The standard InChI is InChI=1S/C19H23N5O6/c1-19(2,28)10-30-24-17(27)14-15(21)22-16(12-5-3-4-11(6-12)7-20)23-18(14)29-9-13(26)8-25/h3-6,13,25-26,28H,8-10H2,1-2H3,(H,24,27)(H2,21,22,23)/t13-/m0/s1. The zero-order chi connectivity index (χ0) is 22.3. The molecule has 160 valence electrons. The second kappa shape index (κ2) is 9.95. The van der Waals surface area contributed by atoms with Gasteiger partial charge in [0, 0.05) is 5.56 Å². The van der Waals surface area contributed by atoms with Gasteiger partial charge in [-0.25, -0.2) is 10.5 Å². The molecule has 0 unspecified atom stereocenters. The first kappa shape index (κ1) is 23.0. The smallest absolute Gasteiger partial charge is 0.284 e. The largest absolute Gasteiger partial charge is 0.474 e. The molecule has 6 N–H and O–H groups in total. The summed E-state index contributed by atoms with van der Waals surface area (Å²) in [6.45, 7) is 1.86. The quantitative estimate of drug-likeness (QED) is 0.341. The number of rotatable bonds is 9. The molecule has 1 atom stereocenters. The summed E-state index contributed by atoms with van der Waals surface area (Å²) >= 11 is 0. The van der Waals surface area contributed by atoms with Crippen LogP contribution < -0.4 is 16.0 Å². The SMILES string of the molecule is CC(C)(O)CONC(=O)c1c(N)nc(-c2cccc(C#N)c2)nc1OC[C@@H](O)CO. The van der Waals surface area contributed by atoms with E-state index in [-0.39, 0.29) is 36.3 Å². The van der Waals surface area contributed by atoms with Gasteiger partial charge in [0.1, 0.15) is 30.7 Å². The summed E-state index contributed by atoms with van der Waals surface area (Å²) in [6.07, 6.45) is -1.21. The summed E-state index contributed by atoms with van der Waals surface area (Å²) in [5, 5.41) is 37.3. The van der Waals surface area contributed by atoms with Crippen molar-refractivity contribution >= 4 is 11.7 Å². The lowest BCUT2D eigenvalue weighted by molar-refractivity contribution is -0.0523. The van der Waals surface area contributed by atoms with Gasteiger partial charge in [0.15, 0.2) is 5.82 Å². The summed E-state index contributed by atoms with van der Waals surface area (Å²) in [6, 6.07) is 8.42. The molecular weight excluding hydrogens is 394 g/mol. The van der Waals surface area contributed by atoms with Crippen molar-refractivity contribution in [2.75, 3.05) is 25.6 Å². The van der Waals surface area contributed by atoms with Gasteiger partial charge in [0.05, 0.1) is 23.8 Å². The zero-order valence-electron chi connectivity index (χ0n) is 16.5. The fourth-order valence-electron chi connectivity index (χ4n) is 2.19. The minimum Gasteiger partial charge on any atom is -0.474 e. The third-order valence-electron chi connectivity index (χ3n) is 3.59. The Morgan fingerprint density at radius 1 is 1.40 bits per heavy atom. The third kappa shape index (κ3) is 6.36.